The van der Waals surface area contributed by atoms with Crippen molar-refractivity contribution in [3.63, 3.8) is 0 Å². The Hall–Kier alpha value is -10.2. The first-order valence-electron chi connectivity index (χ1n) is 26.1. The predicted molar refractivity (Wildman–Crippen MR) is 318 cm³/mol. The summed E-state index contributed by atoms with van der Waals surface area (Å²) in [5.74, 6) is 0. The highest BCUT2D eigenvalue weighted by atomic mass is 16.3. The van der Waals surface area contributed by atoms with Crippen LogP contribution in [-0.4, -0.2) is 13.7 Å². The van der Waals surface area contributed by atoms with Crippen molar-refractivity contribution in [2.75, 3.05) is 0 Å². The van der Waals surface area contributed by atoms with Crippen molar-refractivity contribution in [2.24, 2.45) is 0 Å². The van der Waals surface area contributed by atoms with Crippen molar-refractivity contribution in [1.29, 1.82) is 0 Å². The lowest BCUT2D eigenvalue weighted by Crippen LogP contribution is -1.93. The van der Waals surface area contributed by atoms with Gasteiger partial charge in [0, 0.05) is 60.2 Å². The molecule has 4 aromatic heterocycles. The molecule has 0 radical (unpaired) electrons. The summed E-state index contributed by atoms with van der Waals surface area (Å²) in [6.07, 6.45) is 0. The third-order valence-corrected chi connectivity index (χ3v) is 15.8. The number of fused-ring (bicyclic) bond motifs is 12. The molecule has 4 heteroatoms. The maximum atomic E-state index is 6.67. The molecule has 354 valence electrons. The molecular weight excluding hydrogens is 923 g/mol. The van der Waals surface area contributed by atoms with Gasteiger partial charge in [0.15, 0.2) is 0 Å². The molecule has 76 heavy (non-hydrogen) atoms. The molecule has 4 heterocycles. The number of nitrogens with zero attached hydrogens (tertiary/aromatic N) is 3. The molecule has 4 nitrogen and oxygen atoms in total. The van der Waals surface area contributed by atoms with Crippen LogP contribution in [0.1, 0.15) is 0 Å². The SMILES string of the molecule is c1ccc(-c2ccc(-n3c4ccccc4c4cc(-c5cccc6oc7ccc(-c8ccc9c(c8)c8cc(-c%10ccc%11c%12ccccc%12n(-c%12ccccc%12)c%11c%10)ccc8n9-c8ccccc8)cc7c56)ccc43)cc2)cc1. The minimum Gasteiger partial charge on any atom is -0.456 e. The maximum absolute atomic E-state index is 6.67. The number of furan rings is 1. The van der Waals surface area contributed by atoms with Gasteiger partial charge in [-0.3, -0.25) is 0 Å². The molecule has 12 aromatic carbocycles. The summed E-state index contributed by atoms with van der Waals surface area (Å²) in [5.41, 5.74) is 21.6. The molecule has 0 atom stereocenters. The minimum absolute atomic E-state index is 0.873. The van der Waals surface area contributed by atoms with Gasteiger partial charge in [-0.15, -0.1) is 0 Å². The first-order chi connectivity index (χ1) is 37.7. The number of rotatable bonds is 7. The van der Waals surface area contributed by atoms with E-state index in [4.69, 9.17) is 4.42 Å². The van der Waals surface area contributed by atoms with Crippen molar-refractivity contribution in [2.45, 2.75) is 0 Å². The van der Waals surface area contributed by atoms with Crippen LogP contribution in [0.25, 0.3) is 149 Å². The van der Waals surface area contributed by atoms with Crippen LogP contribution in [0.2, 0.25) is 0 Å². The Morgan fingerprint density at radius 3 is 1.25 bits per heavy atom. The topological polar surface area (TPSA) is 27.9 Å². The maximum Gasteiger partial charge on any atom is 0.136 e. The Kier molecular flexibility index (Phi) is 9.30. The molecule has 0 aliphatic heterocycles. The number of hydrogen-bond donors (Lipinski definition) is 0. The third kappa shape index (κ3) is 6.51. The zero-order valence-corrected chi connectivity index (χ0v) is 41.2. The predicted octanol–water partition coefficient (Wildman–Crippen LogP) is 19.5. The Morgan fingerprint density at radius 2 is 0.618 bits per heavy atom. The average molecular weight is 968 g/mol. The summed E-state index contributed by atoms with van der Waals surface area (Å²) in [6.45, 7) is 0. The van der Waals surface area contributed by atoms with E-state index in [9.17, 15) is 0 Å². The molecule has 0 aliphatic rings. The van der Waals surface area contributed by atoms with E-state index in [1.54, 1.807) is 0 Å². The second-order valence-electron chi connectivity index (χ2n) is 20.0. The lowest BCUT2D eigenvalue weighted by atomic mass is 9.96. The van der Waals surface area contributed by atoms with Crippen LogP contribution in [0.5, 0.6) is 0 Å². The molecule has 0 spiro atoms. The van der Waals surface area contributed by atoms with Crippen molar-refractivity contribution < 1.29 is 4.42 Å². The van der Waals surface area contributed by atoms with E-state index >= 15 is 0 Å². The standard InChI is InChI=1S/C72H45N3O/c1-4-15-46(16-5-1)47-27-34-55(35-28-47)74-65-25-13-11-22-58(65)60-44-52(32-39-66(60)74)56-23-14-26-71-72(56)63-43-50(33-40-70(63)76-71)48-30-37-67-61(41-48)62-42-49(31-38-68(62)73(67)53-17-6-2-7-18-53)51-29-36-59-57-21-10-12-24-64(57)75(69(59)45-51)54-19-8-3-9-20-54/h1-45H. The Bertz CT molecular complexity index is 4960. The van der Waals surface area contributed by atoms with Crippen LogP contribution < -0.4 is 0 Å². The average Bonchev–Trinajstić information content (AvgIpc) is 4.31. The molecule has 0 saturated carbocycles. The quantitative estimate of drug-likeness (QED) is 0.156. The van der Waals surface area contributed by atoms with Gasteiger partial charge < -0.3 is 18.1 Å². The first-order valence-corrected chi connectivity index (χ1v) is 26.1. The summed E-state index contributed by atoms with van der Waals surface area (Å²) in [7, 11) is 0. The van der Waals surface area contributed by atoms with Gasteiger partial charge in [-0.2, -0.15) is 0 Å². The van der Waals surface area contributed by atoms with Gasteiger partial charge in [-0.05, 0) is 154 Å². The summed E-state index contributed by atoms with van der Waals surface area (Å²) >= 11 is 0. The molecule has 0 saturated heterocycles. The summed E-state index contributed by atoms with van der Waals surface area (Å²) in [6, 6.07) is 99.4. The highest BCUT2D eigenvalue weighted by Gasteiger charge is 2.20. The van der Waals surface area contributed by atoms with Gasteiger partial charge in [0.05, 0.1) is 33.1 Å². The molecule has 0 amide bonds. The summed E-state index contributed by atoms with van der Waals surface area (Å²) < 4.78 is 13.9. The second kappa shape index (κ2) is 16.7. The van der Waals surface area contributed by atoms with Crippen molar-refractivity contribution in [3.8, 4) is 61.6 Å². The second-order valence-corrected chi connectivity index (χ2v) is 20.0. The molecule has 0 N–H and O–H groups in total. The first kappa shape index (κ1) is 42.4. The number of para-hydroxylation sites is 4. The van der Waals surface area contributed by atoms with Crippen LogP contribution in [0.3, 0.4) is 0 Å². The largest absolute Gasteiger partial charge is 0.456 e. The van der Waals surface area contributed by atoms with Gasteiger partial charge >= 0.3 is 0 Å². The zero-order chi connectivity index (χ0) is 49.8. The summed E-state index contributed by atoms with van der Waals surface area (Å²) in [5, 5.41) is 9.57. The monoisotopic (exact) mass is 967 g/mol. The Labute approximate surface area is 437 Å². The summed E-state index contributed by atoms with van der Waals surface area (Å²) in [4.78, 5) is 0. The zero-order valence-electron chi connectivity index (χ0n) is 41.2. The van der Waals surface area contributed by atoms with Gasteiger partial charge in [-0.25, -0.2) is 0 Å². The van der Waals surface area contributed by atoms with Crippen LogP contribution >= 0.6 is 0 Å². The Balaban J connectivity index is 0.828. The van der Waals surface area contributed by atoms with E-state index in [-0.39, 0.29) is 0 Å². The lowest BCUT2D eigenvalue weighted by molar-refractivity contribution is 0.669. The van der Waals surface area contributed by atoms with Gasteiger partial charge in [0.25, 0.3) is 0 Å². The van der Waals surface area contributed by atoms with Gasteiger partial charge in [0.1, 0.15) is 11.2 Å². The third-order valence-electron chi connectivity index (χ3n) is 15.8. The molecular formula is C72H45N3O. The number of hydrogen-bond acceptors (Lipinski definition) is 1. The van der Waals surface area contributed by atoms with E-state index in [0.29, 0.717) is 0 Å². The molecule has 0 aliphatic carbocycles. The lowest BCUT2D eigenvalue weighted by Gasteiger charge is -2.10. The van der Waals surface area contributed by atoms with E-state index in [0.717, 1.165) is 61.3 Å². The van der Waals surface area contributed by atoms with Crippen molar-refractivity contribution >= 4 is 87.4 Å². The molecule has 16 aromatic rings. The highest BCUT2D eigenvalue weighted by molar-refractivity contribution is 6.17. The molecule has 0 fully saturated rings. The van der Waals surface area contributed by atoms with E-state index in [2.05, 4.69) is 287 Å². The van der Waals surface area contributed by atoms with E-state index in [1.165, 1.54) is 87.7 Å². The van der Waals surface area contributed by atoms with Crippen molar-refractivity contribution in [3.05, 3.63) is 273 Å². The Morgan fingerprint density at radius 1 is 0.211 bits per heavy atom. The van der Waals surface area contributed by atoms with Crippen LogP contribution in [-0.2, 0) is 0 Å². The smallest absolute Gasteiger partial charge is 0.136 e. The fourth-order valence-corrected chi connectivity index (χ4v) is 12.3. The molecule has 16 rings (SSSR count). The van der Waals surface area contributed by atoms with Crippen LogP contribution in [0.4, 0.5) is 0 Å². The molecule has 0 bridgehead atoms. The van der Waals surface area contributed by atoms with Gasteiger partial charge in [0.2, 0.25) is 0 Å². The minimum atomic E-state index is 0.873. The van der Waals surface area contributed by atoms with Crippen molar-refractivity contribution in [1.82, 2.24) is 13.7 Å². The van der Waals surface area contributed by atoms with Crippen LogP contribution in [0.15, 0.2) is 277 Å². The number of aromatic nitrogens is 3. The highest BCUT2D eigenvalue weighted by Crippen LogP contribution is 2.44. The molecule has 0 unspecified atom stereocenters. The fraction of sp³-hybridized carbons (Fsp3) is 0. The normalized spacial score (nSPS) is 11.9. The van der Waals surface area contributed by atoms with Gasteiger partial charge in [-0.1, -0.05) is 164 Å². The van der Waals surface area contributed by atoms with Crippen LogP contribution in [0, 0.1) is 0 Å². The number of benzene rings is 12. The van der Waals surface area contributed by atoms with E-state index < -0.39 is 0 Å². The van der Waals surface area contributed by atoms with E-state index in [1.807, 2.05) is 0 Å². The fourth-order valence-electron chi connectivity index (χ4n) is 12.3.